The van der Waals surface area contributed by atoms with Crippen molar-refractivity contribution in [3.63, 3.8) is 0 Å². The molecule has 21 heavy (non-hydrogen) atoms. The Labute approximate surface area is 132 Å². The van der Waals surface area contributed by atoms with Gasteiger partial charge in [0.05, 0.1) is 0 Å². The smallest absolute Gasteiger partial charge is 0.254 e. The summed E-state index contributed by atoms with van der Waals surface area (Å²) in [5, 5.41) is 0.398. The van der Waals surface area contributed by atoms with Gasteiger partial charge in [0.1, 0.15) is 5.15 Å². The van der Waals surface area contributed by atoms with E-state index in [0.29, 0.717) is 16.8 Å². The first-order valence-electron chi connectivity index (χ1n) is 7.83. The fraction of sp³-hybridized carbons (Fsp3) is 0.647. The third-order valence-corrected chi connectivity index (χ3v) is 4.70. The average Bonchev–Trinajstić information content (AvgIpc) is 2.45. The highest BCUT2D eigenvalue weighted by Gasteiger charge is 2.26. The van der Waals surface area contributed by atoms with Crippen molar-refractivity contribution in [3.05, 3.63) is 28.5 Å². The van der Waals surface area contributed by atoms with Gasteiger partial charge in [-0.25, -0.2) is 4.98 Å². The molecule has 1 aromatic rings. The predicted octanol–water partition coefficient (Wildman–Crippen LogP) is 4.51. The van der Waals surface area contributed by atoms with E-state index in [9.17, 15) is 4.79 Å². The van der Waals surface area contributed by atoms with Gasteiger partial charge in [0.25, 0.3) is 5.91 Å². The number of hydrogen-bond acceptors (Lipinski definition) is 2. The molecule has 0 bridgehead atoms. The summed E-state index contributed by atoms with van der Waals surface area (Å²) in [6, 6.07) is 3.90. The summed E-state index contributed by atoms with van der Waals surface area (Å²) in [6.07, 6.45) is 4.60. The summed E-state index contributed by atoms with van der Waals surface area (Å²) in [5.74, 6) is 1.10. The molecule has 1 heterocycles. The van der Waals surface area contributed by atoms with Crippen LogP contribution in [0.4, 0.5) is 0 Å². The molecule has 1 aliphatic carbocycles. The molecule has 1 aromatic heterocycles. The monoisotopic (exact) mass is 308 g/mol. The van der Waals surface area contributed by atoms with Gasteiger partial charge in [-0.1, -0.05) is 32.4 Å². The summed E-state index contributed by atoms with van der Waals surface area (Å²) in [5.41, 5.74) is 1.52. The van der Waals surface area contributed by atoms with E-state index in [1.54, 1.807) is 6.07 Å². The Hall–Kier alpha value is -1.09. The summed E-state index contributed by atoms with van der Waals surface area (Å²) in [6.45, 7) is 6.40. The molecule has 0 aromatic carbocycles. The van der Waals surface area contributed by atoms with Crippen LogP contribution in [0.15, 0.2) is 12.1 Å². The third-order valence-electron chi connectivity index (χ3n) is 4.51. The molecule has 0 radical (unpaired) electrons. The van der Waals surface area contributed by atoms with Gasteiger partial charge in [-0.15, -0.1) is 0 Å². The quantitative estimate of drug-likeness (QED) is 0.770. The minimum absolute atomic E-state index is 0.0563. The molecule has 0 unspecified atom stereocenters. The number of nitrogens with zero attached hydrogens (tertiary/aromatic N) is 2. The molecule has 1 amide bonds. The zero-order valence-corrected chi connectivity index (χ0v) is 14.2. The minimum atomic E-state index is 0.0563. The molecular formula is C17H25ClN2O. The topological polar surface area (TPSA) is 33.2 Å². The Bertz CT molecular complexity index is 508. The second kappa shape index (κ2) is 6.78. The molecule has 4 heteroatoms. The largest absolute Gasteiger partial charge is 0.339 e. The maximum Gasteiger partial charge on any atom is 0.254 e. The highest BCUT2D eigenvalue weighted by Crippen LogP contribution is 2.28. The minimum Gasteiger partial charge on any atom is -0.339 e. The number of amides is 1. The molecule has 1 saturated carbocycles. The van der Waals surface area contributed by atoms with Crippen LogP contribution < -0.4 is 0 Å². The molecule has 0 saturated heterocycles. The SMILES string of the molecule is CC1CCC(N(C)C(=O)c2cc(Cl)nc(C(C)C)c2)CC1. The molecule has 0 spiro atoms. The van der Waals surface area contributed by atoms with Gasteiger partial charge in [0, 0.05) is 24.3 Å². The van der Waals surface area contributed by atoms with Gasteiger partial charge in [0.2, 0.25) is 0 Å². The van der Waals surface area contributed by atoms with Crippen LogP contribution in [0.5, 0.6) is 0 Å². The number of hydrogen-bond donors (Lipinski definition) is 0. The lowest BCUT2D eigenvalue weighted by molar-refractivity contribution is 0.0679. The van der Waals surface area contributed by atoms with E-state index in [1.165, 1.54) is 12.8 Å². The summed E-state index contributed by atoms with van der Waals surface area (Å²) in [4.78, 5) is 18.9. The number of halogens is 1. The molecule has 0 atom stereocenters. The van der Waals surface area contributed by atoms with E-state index in [2.05, 4.69) is 25.8 Å². The number of rotatable bonds is 3. The third kappa shape index (κ3) is 3.97. The Balaban J connectivity index is 2.15. The predicted molar refractivity (Wildman–Crippen MR) is 86.8 cm³/mol. The normalized spacial score (nSPS) is 22.4. The van der Waals surface area contributed by atoms with Crippen molar-refractivity contribution >= 4 is 17.5 Å². The second-order valence-electron chi connectivity index (χ2n) is 6.59. The van der Waals surface area contributed by atoms with E-state index >= 15 is 0 Å². The van der Waals surface area contributed by atoms with Crippen molar-refractivity contribution in [3.8, 4) is 0 Å². The Morgan fingerprint density at radius 3 is 2.48 bits per heavy atom. The fourth-order valence-electron chi connectivity index (χ4n) is 2.94. The average molecular weight is 309 g/mol. The van der Waals surface area contributed by atoms with Crippen LogP contribution in [0.3, 0.4) is 0 Å². The number of pyridine rings is 1. The van der Waals surface area contributed by atoms with Crippen molar-refractivity contribution in [1.29, 1.82) is 0 Å². The van der Waals surface area contributed by atoms with Crippen molar-refractivity contribution < 1.29 is 4.79 Å². The summed E-state index contributed by atoms with van der Waals surface area (Å²) >= 11 is 6.07. The van der Waals surface area contributed by atoms with E-state index in [4.69, 9.17) is 11.6 Å². The first-order valence-corrected chi connectivity index (χ1v) is 8.21. The Kier molecular flexibility index (Phi) is 5.26. The maximum absolute atomic E-state index is 12.7. The highest BCUT2D eigenvalue weighted by molar-refractivity contribution is 6.29. The lowest BCUT2D eigenvalue weighted by Gasteiger charge is -2.33. The standard InChI is InChI=1S/C17H25ClN2O/c1-11(2)15-9-13(10-16(18)19-15)17(21)20(4)14-7-5-12(3)6-8-14/h9-12,14H,5-8H2,1-4H3. The van der Waals surface area contributed by atoms with Crippen LogP contribution >= 0.6 is 11.6 Å². The van der Waals surface area contributed by atoms with Crippen LogP contribution in [0.25, 0.3) is 0 Å². The number of aromatic nitrogens is 1. The first-order chi connectivity index (χ1) is 9.88. The summed E-state index contributed by atoms with van der Waals surface area (Å²) < 4.78 is 0. The molecule has 1 fully saturated rings. The van der Waals surface area contributed by atoms with Gasteiger partial charge >= 0.3 is 0 Å². The second-order valence-corrected chi connectivity index (χ2v) is 6.98. The molecule has 3 nitrogen and oxygen atoms in total. The van der Waals surface area contributed by atoms with E-state index in [1.807, 2.05) is 18.0 Å². The van der Waals surface area contributed by atoms with E-state index in [0.717, 1.165) is 24.5 Å². The first kappa shape index (κ1) is 16.3. The van der Waals surface area contributed by atoms with Crippen LogP contribution in [0.1, 0.15) is 68.4 Å². The van der Waals surface area contributed by atoms with E-state index < -0.39 is 0 Å². The summed E-state index contributed by atoms with van der Waals surface area (Å²) in [7, 11) is 1.91. The molecular weight excluding hydrogens is 284 g/mol. The Morgan fingerprint density at radius 2 is 1.90 bits per heavy atom. The van der Waals surface area contributed by atoms with Crippen molar-refractivity contribution in [2.75, 3.05) is 7.05 Å². The van der Waals surface area contributed by atoms with Crippen LogP contribution in [0, 0.1) is 5.92 Å². The van der Waals surface area contributed by atoms with Gasteiger partial charge in [-0.2, -0.15) is 0 Å². The number of carbonyl (C=O) groups is 1. The Morgan fingerprint density at radius 1 is 1.29 bits per heavy atom. The molecule has 0 N–H and O–H groups in total. The van der Waals surface area contributed by atoms with Gasteiger partial charge < -0.3 is 4.90 Å². The zero-order chi connectivity index (χ0) is 15.6. The van der Waals surface area contributed by atoms with Crippen molar-refractivity contribution in [2.45, 2.75) is 58.4 Å². The van der Waals surface area contributed by atoms with Crippen molar-refractivity contribution in [2.24, 2.45) is 5.92 Å². The van der Waals surface area contributed by atoms with Gasteiger partial charge in [-0.05, 0) is 49.7 Å². The molecule has 1 aliphatic rings. The van der Waals surface area contributed by atoms with Crippen LogP contribution in [0.2, 0.25) is 5.15 Å². The zero-order valence-electron chi connectivity index (χ0n) is 13.4. The van der Waals surface area contributed by atoms with Gasteiger partial charge in [0.15, 0.2) is 0 Å². The fourth-order valence-corrected chi connectivity index (χ4v) is 3.15. The van der Waals surface area contributed by atoms with Crippen LogP contribution in [-0.4, -0.2) is 28.9 Å². The lowest BCUT2D eigenvalue weighted by Crippen LogP contribution is -2.39. The molecule has 0 aliphatic heterocycles. The molecule has 116 valence electrons. The van der Waals surface area contributed by atoms with Crippen molar-refractivity contribution in [1.82, 2.24) is 9.88 Å². The van der Waals surface area contributed by atoms with Crippen LogP contribution in [-0.2, 0) is 0 Å². The number of carbonyl (C=O) groups excluding carboxylic acids is 1. The molecule has 2 rings (SSSR count). The lowest BCUT2D eigenvalue weighted by atomic mass is 9.86. The van der Waals surface area contributed by atoms with Gasteiger partial charge in [-0.3, -0.25) is 4.79 Å². The highest BCUT2D eigenvalue weighted by atomic mass is 35.5. The van der Waals surface area contributed by atoms with E-state index in [-0.39, 0.29) is 11.8 Å². The maximum atomic E-state index is 12.7.